The minimum atomic E-state index is -3.78. The fourth-order valence-electron chi connectivity index (χ4n) is 3.74. The molecule has 1 aliphatic carbocycles. The number of sulfonamides is 1. The molecule has 1 atom stereocenters. The van der Waals surface area contributed by atoms with E-state index < -0.39 is 10.0 Å². The predicted molar refractivity (Wildman–Crippen MR) is 100 cm³/mol. The number of aromatic nitrogens is 1. The second-order valence-electron chi connectivity index (χ2n) is 6.74. The van der Waals surface area contributed by atoms with Crippen LogP contribution in [-0.4, -0.2) is 13.4 Å². The highest BCUT2D eigenvalue weighted by atomic mass is 32.2. The van der Waals surface area contributed by atoms with Crippen LogP contribution >= 0.6 is 0 Å². The van der Waals surface area contributed by atoms with E-state index >= 15 is 0 Å². The Morgan fingerprint density at radius 1 is 1.23 bits per heavy atom. The zero-order chi connectivity index (χ0) is 18.3. The van der Waals surface area contributed by atoms with Crippen molar-refractivity contribution in [3.63, 3.8) is 0 Å². The molecule has 1 aromatic heterocycles. The van der Waals surface area contributed by atoms with Crippen LogP contribution in [0.25, 0.3) is 10.9 Å². The Balaban J connectivity index is 1.75. The lowest BCUT2D eigenvalue weighted by molar-refractivity contribution is 0.501. The van der Waals surface area contributed by atoms with Gasteiger partial charge in [0.25, 0.3) is 0 Å². The van der Waals surface area contributed by atoms with E-state index in [-0.39, 0.29) is 16.5 Å². The van der Waals surface area contributed by atoms with Crippen LogP contribution < -0.4 is 4.72 Å². The first kappa shape index (κ1) is 16.8. The van der Waals surface area contributed by atoms with E-state index in [1.807, 2.05) is 18.2 Å². The average Bonchev–Trinajstić information content (AvgIpc) is 3.00. The summed E-state index contributed by atoms with van der Waals surface area (Å²) in [5, 5.41) is 10.4. The van der Waals surface area contributed by atoms with Crippen LogP contribution in [0.5, 0.6) is 0 Å². The van der Waals surface area contributed by atoms with E-state index in [2.05, 4.69) is 22.7 Å². The molecule has 0 bridgehead atoms. The van der Waals surface area contributed by atoms with Gasteiger partial charge in [0.15, 0.2) is 0 Å². The summed E-state index contributed by atoms with van der Waals surface area (Å²) in [6, 6.07) is 14.2. The molecule has 0 saturated carbocycles. The lowest BCUT2D eigenvalue weighted by atomic mass is 9.92. The van der Waals surface area contributed by atoms with Crippen molar-refractivity contribution in [2.45, 2.75) is 37.1 Å². The Labute approximate surface area is 152 Å². The van der Waals surface area contributed by atoms with E-state index in [1.54, 1.807) is 12.1 Å². The number of nitrogens with zero attached hydrogens (tertiary/aromatic N) is 1. The second-order valence-corrected chi connectivity index (χ2v) is 8.42. The molecule has 0 aliphatic heterocycles. The van der Waals surface area contributed by atoms with Crippen molar-refractivity contribution in [2.24, 2.45) is 0 Å². The van der Waals surface area contributed by atoms with Gasteiger partial charge in [-0.1, -0.05) is 23.8 Å². The van der Waals surface area contributed by atoms with Gasteiger partial charge in [0.1, 0.15) is 6.07 Å². The molecule has 0 amide bonds. The monoisotopic (exact) mass is 365 g/mol. The summed E-state index contributed by atoms with van der Waals surface area (Å²) in [4.78, 5) is 3.43. The summed E-state index contributed by atoms with van der Waals surface area (Å²) in [5.41, 5.74) is 4.50. The van der Waals surface area contributed by atoms with Gasteiger partial charge in [-0.25, -0.2) is 13.1 Å². The third kappa shape index (κ3) is 2.79. The summed E-state index contributed by atoms with van der Waals surface area (Å²) in [6.45, 7) is 2.06. The van der Waals surface area contributed by atoms with Crippen molar-refractivity contribution in [1.29, 1.82) is 5.26 Å². The Hall–Kier alpha value is -2.62. The van der Waals surface area contributed by atoms with Crippen LogP contribution in [0.4, 0.5) is 0 Å². The molecular formula is C20H19N3O2S. The highest BCUT2D eigenvalue weighted by Crippen LogP contribution is 2.36. The number of benzene rings is 2. The molecule has 2 N–H and O–H groups in total. The first-order valence-electron chi connectivity index (χ1n) is 8.62. The third-order valence-corrected chi connectivity index (χ3v) is 6.49. The molecule has 0 spiro atoms. The summed E-state index contributed by atoms with van der Waals surface area (Å²) in [7, 11) is -3.78. The van der Waals surface area contributed by atoms with Crippen LogP contribution in [0.2, 0.25) is 0 Å². The maximum atomic E-state index is 12.9. The predicted octanol–water partition coefficient (Wildman–Crippen LogP) is 3.70. The fourth-order valence-corrected chi connectivity index (χ4v) is 5.14. The first-order chi connectivity index (χ1) is 12.5. The van der Waals surface area contributed by atoms with Gasteiger partial charge in [0.2, 0.25) is 10.0 Å². The topological polar surface area (TPSA) is 85.8 Å². The van der Waals surface area contributed by atoms with Gasteiger partial charge in [-0.3, -0.25) is 0 Å². The molecule has 1 unspecified atom stereocenters. The summed E-state index contributed by atoms with van der Waals surface area (Å²) in [5.74, 6) is 0. The molecule has 4 rings (SSSR count). The molecule has 0 saturated heterocycles. The number of fused-ring (bicyclic) bond motifs is 3. The Kier molecular flexibility index (Phi) is 4.06. The van der Waals surface area contributed by atoms with Crippen LogP contribution in [0.1, 0.15) is 41.3 Å². The molecular weight excluding hydrogens is 346 g/mol. The van der Waals surface area contributed by atoms with Gasteiger partial charge in [0, 0.05) is 16.6 Å². The van der Waals surface area contributed by atoms with Crippen LogP contribution in [0.15, 0.2) is 47.4 Å². The number of rotatable bonds is 3. The maximum Gasteiger partial charge on any atom is 0.242 e. The molecule has 3 aromatic rings. The normalized spacial score (nSPS) is 17.0. The number of nitriles is 1. The maximum absolute atomic E-state index is 12.9. The molecule has 2 aromatic carbocycles. The lowest BCUT2D eigenvalue weighted by Crippen LogP contribution is -2.31. The summed E-state index contributed by atoms with van der Waals surface area (Å²) < 4.78 is 28.6. The van der Waals surface area contributed by atoms with E-state index in [0.717, 1.165) is 30.5 Å². The van der Waals surface area contributed by atoms with Crippen molar-refractivity contribution in [3.05, 3.63) is 64.8 Å². The van der Waals surface area contributed by atoms with Gasteiger partial charge in [-0.15, -0.1) is 0 Å². The molecule has 0 radical (unpaired) electrons. The quantitative estimate of drug-likeness (QED) is 0.742. The zero-order valence-electron chi connectivity index (χ0n) is 14.4. The van der Waals surface area contributed by atoms with Gasteiger partial charge >= 0.3 is 0 Å². The minimum absolute atomic E-state index is 0.0292. The number of hydrogen-bond donors (Lipinski definition) is 2. The average molecular weight is 365 g/mol. The first-order valence-corrected chi connectivity index (χ1v) is 10.1. The molecule has 1 heterocycles. The van der Waals surface area contributed by atoms with Crippen molar-refractivity contribution in [2.75, 3.05) is 0 Å². The second kappa shape index (κ2) is 6.27. The lowest BCUT2D eigenvalue weighted by Gasteiger charge is -2.24. The van der Waals surface area contributed by atoms with E-state index in [4.69, 9.17) is 0 Å². The third-order valence-electron chi connectivity index (χ3n) is 4.96. The van der Waals surface area contributed by atoms with Crippen molar-refractivity contribution in [3.8, 4) is 6.07 Å². The highest BCUT2D eigenvalue weighted by Gasteiger charge is 2.29. The number of nitrogens with one attached hydrogen (secondary N) is 2. The number of aryl methyl sites for hydroxylation is 2. The largest absolute Gasteiger partial charge is 0.357 e. The Morgan fingerprint density at radius 2 is 2.04 bits per heavy atom. The number of aromatic amines is 1. The summed E-state index contributed by atoms with van der Waals surface area (Å²) >= 11 is 0. The van der Waals surface area contributed by atoms with E-state index in [9.17, 15) is 13.7 Å². The minimum Gasteiger partial charge on any atom is -0.357 e. The fraction of sp³-hybridized carbons (Fsp3) is 0.250. The van der Waals surface area contributed by atoms with E-state index in [1.165, 1.54) is 28.6 Å². The van der Waals surface area contributed by atoms with Crippen molar-refractivity contribution < 1.29 is 8.42 Å². The van der Waals surface area contributed by atoms with Crippen LogP contribution in [0.3, 0.4) is 0 Å². The van der Waals surface area contributed by atoms with Gasteiger partial charge in [0.05, 0.1) is 16.5 Å². The van der Waals surface area contributed by atoms with Crippen LogP contribution in [0, 0.1) is 18.3 Å². The van der Waals surface area contributed by atoms with Crippen LogP contribution in [-0.2, 0) is 16.4 Å². The molecule has 6 heteroatoms. The smallest absolute Gasteiger partial charge is 0.242 e. The van der Waals surface area contributed by atoms with E-state index in [0.29, 0.717) is 0 Å². The van der Waals surface area contributed by atoms with Crippen molar-refractivity contribution >= 4 is 20.9 Å². The SMILES string of the molecule is Cc1ccc2[nH]c3c(c2c1)CCCC3NS(=O)(=O)c1ccccc1C#N. The zero-order valence-corrected chi connectivity index (χ0v) is 15.2. The van der Waals surface area contributed by atoms with Crippen molar-refractivity contribution in [1.82, 2.24) is 9.71 Å². The number of H-pyrrole nitrogens is 1. The molecule has 5 nitrogen and oxygen atoms in total. The molecule has 132 valence electrons. The number of hydrogen-bond acceptors (Lipinski definition) is 3. The highest BCUT2D eigenvalue weighted by molar-refractivity contribution is 7.89. The molecule has 1 aliphatic rings. The van der Waals surface area contributed by atoms with Gasteiger partial charge in [-0.2, -0.15) is 5.26 Å². The Bertz CT molecular complexity index is 1140. The van der Waals surface area contributed by atoms with Gasteiger partial charge < -0.3 is 4.98 Å². The molecule has 26 heavy (non-hydrogen) atoms. The summed E-state index contributed by atoms with van der Waals surface area (Å²) in [6.07, 6.45) is 2.58. The molecule has 0 fully saturated rings. The Morgan fingerprint density at radius 3 is 2.85 bits per heavy atom. The van der Waals surface area contributed by atoms with Gasteiger partial charge in [-0.05, 0) is 56.0 Å². The standard InChI is InChI=1S/C20H19N3O2S/c1-13-9-10-17-16(11-13)15-6-4-7-18(20(15)22-17)23-26(24,25)19-8-3-2-5-14(19)12-21/h2-3,5,8-11,18,22-23H,4,6-7H2,1H3.